The molecular weight excluding hydrogens is 274 g/mol. The molecule has 0 unspecified atom stereocenters. The average Bonchev–Trinajstić information content (AvgIpc) is 2.45. The lowest BCUT2D eigenvalue weighted by Crippen LogP contribution is -2.31. The van der Waals surface area contributed by atoms with Crippen molar-refractivity contribution in [3.05, 3.63) is 47.0 Å². The predicted molar refractivity (Wildman–Crippen MR) is 82.0 cm³/mol. The minimum atomic E-state index is -0.000289. The summed E-state index contributed by atoms with van der Waals surface area (Å²) in [5, 5.41) is 0.636. The number of carbonyl (C=O) groups is 1. The first-order valence-corrected chi connectivity index (χ1v) is 6.99. The van der Waals surface area contributed by atoms with Crippen LogP contribution in [0.4, 0.5) is 0 Å². The Morgan fingerprint density at radius 2 is 2.35 bits per heavy atom. The fourth-order valence-electron chi connectivity index (χ4n) is 2.09. The van der Waals surface area contributed by atoms with Crippen molar-refractivity contribution < 1.29 is 9.53 Å². The van der Waals surface area contributed by atoms with Crippen LogP contribution in [0, 0.1) is 0 Å². The van der Waals surface area contributed by atoms with Crippen molar-refractivity contribution in [3.63, 3.8) is 0 Å². The number of rotatable bonds is 5. The fraction of sp³-hybridized carbons (Fsp3) is 0.312. The number of fused-ring (bicyclic) bond motifs is 1. The van der Waals surface area contributed by atoms with Gasteiger partial charge in [0.05, 0.1) is 5.57 Å². The zero-order valence-corrected chi connectivity index (χ0v) is 12.3. The molecule has 0 fully saturated rings. The Morgan fingerprint density at radius 1 is 1.55 bits per heavy atom. The summed E-state index contributed by atoms with van der Waals surface area (Å²) in [6, 6.07) is 5.41. The minimum absolute atomic E-state index is 0.000289. The van der Waals surface area contributed by atoms with Crippen molar-refractivity contribution in [2.45, 2.75) is 12.8 Å². The van der Waals surface area contributed by atoms with Gasteiger partial charge in [-0.05, 0) is 37.1 Å². The monoisotopic (exact) mass is 291 g/mol. The van der Waals surface area contributed by atoms with Crippen molar-refractivity contribution in [3.8, 4) is 5.75 Å². The molecule has 3 nitrogen and oxygen atoms in total. The lowest BCUT2D eigenvalue weighted by molar-refractivity contribution is -0.126. The lowest BCUT2D eigenvalue weighted by Gasteiger charge is -2.22. The number of amides is 1. The molecule has 1 aromatic carbocycles. The molecule has 0 aliphatic carbocycles. The van der Waals surface area contributed by atoms with E-state index < -0.39 is 0 Å². The Bertz CT molecular complexity index is 551. The highest BCUT2D eigenvalue weighted by Gasteiger charge is 2.20. The maximum atomic E-state index is 12.3. The van der Waals surface area contributed by atoms with E-state index in [9.17, 15) is 4.79 Å². The number of carbonyl (C=O) groups excluding carboxylic acids is 1. The zero-order chi connectivity index (χ0) is 14.5. The van der Waals surface area contributed by atoms with Gasteiger partial charge in [-0.15, -0.1) is 6.58 Å². The zero-order valence-electron chi connectivity index (χ0n) is 11.6. The first-order chi connectivity index (χ1) is 9.61. The maximum Gasteiger partial charge on any atom is 0.252 e. The first kappa shape index (κ1) is 14.7. The quantitative estimate of drug-likeness (QED) is 0.613. The summed E-state index contributed by atoms with van der Waals surface area (Å²) < 4.78 is 5.60. The molecule has 2 rings (SSSR count). The van der Waals surface area contributed by atoms with Crippen LogP contribution >= 0.6 is 11.6 Å². The number of likely N-dealkylation sites (N-methyl/N-ethyl adjacent to an activating group) is 1. The first-order valence-electron chi connectivity index (χ1n) is 6.61. The average molecular weight is 292 g/mol. The molecule has 106 valence electrons. The van der Waals surface area contributed by atoms with Crippen LogP contribution < -0.4 is 4.74 Å². The number of nitrogens with zero attached hydrogens (tertiary/aromatic N) is 1. The topological polar surface area (TPSA) is 29.5 Å². The van der Waals surface area contributed by atoms with Crippen LogP contribution in [0.1, 0.15) is 18.4 Å². The van der Waals surface area contributed by atoms with Gasteiger partial charge in [-0.3, -0.25) is 4.79 Å². The standard InChI is InChI=1S/C16H18ClNO2/c1-3-4-5-8-18(2)16(19)13-9-12-10-14(17)6-7-15(12)20-11-13/h3,6-7,9-10H,1,4-5,8,11H2,2H3. The summed E-state index contributed by atoms with van der Waals surface area (Å²) in [5.41, 5.74) is 1.51. The summed E-state index contributed by atoms with van der Waals surface area (Å²) >= 11 is 5.96. The molecule has 1 aliphatic rings. The number of benzene rings is 1. The second-order valence-electron chi connectivity index (χ2n) is 4.80. The number of halogens is 1. The van der Waals surface area contributed by atoms with Crippen LogP contribution in [-0.4, -0.2) is 31.0 Å². The van der Waals surface area contributed by atoms with Gasteiger partial charge in [-0.25, -0.2) is 0 Å². The van der Waals surface area contributed by atoms with E-state index in [1.807, 2.05) is 18.2 Å². The normalized spacial score (nSPS) is 13.0. The number of allylic oxidation sites excluding steroid dienone is 1. The Morgan fingerprint density at radius 3 is 3.10 bits per heavy atom. The Labute approximate surface area is 124 Å². The molecular formula is C16H18ClNO2. The van der Waals surface area contributed by atoms with Crippen molar-refractivity contribution in [2.24, 2.45) is 0 Å². The molecule has 0 spiro atoms. The molecule has 1 heterocycles. The SMILES string of the molecule is C=CCCCN(C)C(=O)C1=Cc2cc(Cl)ccc2OC1. The summed E-state index contributed by atoms with van der Waals surface area (Å²) in [6.07, 6.45) is 5.55. The molecule has 0 bridgehead atoms. The smallest absolute Gasteiger partial charge is 0.252 e. The van der Waals surface area contributed by atoms with E-state index >= 15 is 0 Å². The van der Waals surface area contributed by atoms with Crippen molar-refractivity contribution >= 4 is 23.6 Å². The molecule has 4 heteroatoms. The largest absolute Gasteiger partial charge is 0.488 e. The van der Waals surface area contributed by atoms with E-state index in [2.05, 4.69) is 6.58 Å². The third-order valence-electron chi connectivity index (χ3n) is 3.21. The second kappa shape index (κ2) is 6.62. The van der Waals surface area contributed by atoms with Gasteiger partial charge in [-0.1, -0.05) is 17.7 Å². The van der Waals surface area contributed by atoms with Crippen molar-refractivity contribution in [2.75, 3.05) is 20.2 Å². The highest BCUT2D eigenvalue weighted by Crippen LogP contribution is 2.29. The molecule has 0 atom stereocenters. The van der Waals surface area contributed by atoms with Gasteiger partial charge in [0.25, 0.3) is 5.91 Å². The van der Waals surface area contributed by atoms with Crippen LogP contribution in [0.5, 0.6) is 5.75 Å². The minimum Gasteiger partial charge on any atom is -0.488 e. The molecule has 0 saturated carbocycles. The summed E-state index contributed by atoms with van der Waals surface area (Å²) in [6.45, 7) is 4.70. The third kappa shape index (κ3) is 3.42. The number of unbranched alkanes of at least 4 members (excludes halogenated alkanes) is 1. The summed E-state index contributed by atoms with van der Waals surface area (Å²) in [7, 11) is 1.81. The van der Waals surface area contributed by atoms with Gasteiger partial charge in [0.1, 0.15) is 12.4 Å². The van der Waals surface area contributed by atoms with Crippen LogP contribution in [0.15, 0.2) is 36.4 Å². The summed E-state index contributed by atoms with van der Waals surface area (Å²) in [4.78, 5) is 14.0. The van der Waals surface area contributed by atoms with E-state index in [1.165, 1.54) is 0 Å². The van der Waals surface area contributed by atoms with Crippen LogP contribution in [0.25, 0.3) is 6.08 Å². The molecule has 0 aromatic heterocycles. The molecule has 0 saturated heterocycles. The van der Waals surface area contributed by atoms with Gasteiger partial charge in [0.2, 0.25) is 0 Å². The number of ether oxygens (including phenoxy) is 1. The number of hydrogen-bond acceptors (Lipinski definition) is 2. The predicted octanol–water partition coefficient (Wildman–Crippen LogP) is 3.54. The molecule has 0 N–H and O–H groups in total. The van der Waals surface area contributed by atoms with E-state index in [-0.39, 0.29) is 5.91 Å². The fourth-order valence-corrected chi connectivity index (χ4v) is 2.27. The van der Waals surface area contributed by atoms with E-state index in [1.54, 1.807) is 24.1 Å². The Kier molecular flexibility index (Phi) is 4.85. The van der Waals surface area contributed by atoms with Gasteiger partial charge < -0.3 is 9.64 Å². The van der Waals surface area contributed by atoms with Gasteiger partial charge in [0.15, 0.2) is 0 Å². The lowest BCUT2D eigenvalue weighted by atomic mass is 10.1. The maximum absolute atomic E-state index is 12.3. The van der Waals surface area contributed by atoms with Gasteiger partial charge in [-0.2, -0.15) is 0 Å². The highest BCUT2D eigenvalue weighted by molar-refractivity contribution is 6.30. The number of hydrogen-bond donors (Lipinski definition) is 0. The molecule has 20 heavy (non-hydrogen) atoms. The van der Waals surface area contributed by atoms with Gasteiger partial charge in [0, 0.05) is 24.2 Å². The van der Waals surface area contributed by atoms with Gasteiger partial charge >= 0.3 is 0 Å². The Hall–Kier alpha value is -1.74. The summed E-state index contributed by atoms with van der Waals surface area (Å²) in [5.74, 6) is 0.764. The highest BCUT2D eigenvalue weighted by atomic mass is 35.5. The third-order valence-corrected chi connectivity index (χ3v) is 3.44. The molecule has 1 aliphatic heterocycles. The van der Waals surface area contributed by atoms with E-state index in [0.717, 1.165) is 24.2 Å². The van der Waals surface area contributed by atoms with Crippen LogP contribution in [0.2, 0.25) is 5.02 Å². The van der Waals surface area contributed by atoms with Crippen molar-refractivity contribution in [1.29, 1.82) is 0 Å². The van der Waals surface area contributed by atoms with E-state index in [0.29, 0.717) is 23.7 Å². The van der Waals surface area contributed by atoms with E-state index in [4.69, 9.17) is 16.3 Å². The molecule has 1 aromatic rings. The van der Waals surface area contributed by atoms with Crippen LogP contribution in [0.3, 0.4) is 0 Å². The molecule has 0 radical (unpaired) electrons. The molecule has 1 amide bonds. The second-order valence-corrected chi connectivity index (χ2v) is 5.23. The van der Waals surface area contributed by atoms with Crippen LogP contribution in [-0.2, 0) is 4.79 Å². The Balaban J connectivity index is 2.09. The van der Waals surface area contributed by atoms with Crippen molar-refractivity contribution in [1.82, 2.24) is 4.90 Å².